The highest BCUT2D eigenvalue weighted by atomic mass is 32.2. The zero-order valence-electron chi connectivity index (χ0n) is 22.5. The number of hydrogen-bond acceptors (Lipinski definition) is 5. The van der Waals surface area contributed by atoms with Gasteiger partial charge in [-0.1, -0.05) is 73.5 Å². The summed E-state index contributed by atoms with van der Waals surface area (Å²) in [4.78, 5) is 41.7. The Labute approximate surface area is 239 Å². The highest BCUT2D eigenvalue weighted by Gasteiger charge is 2.41. The van der Waals surface area contributed by atoms with Gasteiger partial charge < -0.3 is 10.2 Å². The van der Waals surface area contributed by atoms with Crippen LogP contribution in [0.5, 0.6) is 0 Å². The maximum atomic E-state index is 14.8. The molecule has 1 unspecified atom stereocenters. The minimum Gasteiger partial charge on any atom is -0.352 e. The van der Waals surface area contributed by atoms with Crippen molar-refractivity contribution < 1.29 is 27.2 Å². The first-order valence-electron chi connectivity index (χ1n) is 13.8. The van der Waals surface area contributed by atoms with Crippen LogP contribution in [-0.2, 0) is 32.6 Å². The van der Waals surface area contributed by atoms with E-state index in [2.05, 4.69) is 5.32 Å². The molecule has 214 valence electrons. The monoisotopic (exact) mass is 577 g/mol. The van der Waals surface area contributed by atoms with Crippen LogP contribution in [0.1, 0.15) is 53.6 Å². The van der Waals surface area contributed by atoms with E-state index < -0.39 is 40.2 Å². The van der Waals surface area contributed by atoms with Crippen LogP contribution in [0.3, 0.4) is 0 Å². The third-order valence-corrected chi connectivity index (χ3v) is 9.55. The first kappa shape index (κ1) is 28.5. The van der Waals surface area contributed by atoms with E-state index in [0.29, 0.717) is 4.31 Å². The predicted molar refractivity (Wildman–Crippen MR) is 151 cm³/mol. The molecule has 0 spiro atoms. The fraction of sp³-hybridized carbons (Fsp3) is 0.323. The first-order valence-corrected chi connectivity index (χ1v) is 15.2. The molecule has 0 radical (unpaired) electrons. The summed E-state index contributed by atoms with van der Waals surface area (Å²) in [7, 11) is -4.11. The van der Waals surface area contributed by atoms with Crippen molar-refractivity contribution in [3.8, 4) is 0 Å². The Bertz CT molecular complexity index is 1540. The Kier molecular flexibility index (Phi) is 8.49. The number of carbonyl (C=O) groups excluding carboxylic acids is 3. The third-order valence-electron chi connectivity index (χ3n) is 7.71. The quantitative estimate of drug-likeness (QED) is 0.392. The van der Waals surface area contributed by atoms with Gasteiger partial charge in [0.1, 0.15) is 16.8 Å². The molecule has 41 heavy (non-hydrogen) atoms. The van der Waals surface area contributed by atoms with Gasteiger partial charge in [0, 0.05) is 37.5 Å². The number of rotatable bonds is 10. The number of nitrogens with one attached hydrogen (secondary N) is 1. The number of benzene rings is 3. The van der Waals surface area contributed by atoms with E-state index >= 15 is 0 Å². The molecule has 0 bridgehead atoms. The standard InChI is InChI=1S/C31H32FN3O5S/c32-26-16-8-4-12-23(26)21-34(27(20-22-10-2-1-3-11-22)30(37)33-24-13-5-6-14-24)29(36)18-19-35-31(38)25-15-7-9-17-28(25)41(35,39)40/h1-4,7-12,15-17,24,27H,5-6,13-14,18-21H2,(H,33,37). The van der Waals surface area contributed by atoms with Gasteiger partial charge in [0.2, 0.25) is 11.8 Å². The van der Waals surface area contributed by atoms with E-state index in [0.717, 1.165) is 31.2 Å². The van der Waals surface area contributed by atoms with E-state index in [1.807, 2.05) is 30.3 Å². The fourth-order valence-electron chi connectivity index (χ4n) is 5.52. The highest BCUT2D eigenvalue weighted by molar-refractivity contribution is 7.90. The van der Waals surface area contributed by atoms with E-state index in [4.69, 9.17) is 0 Å². The lowest BCUT2D eigenvalue weighted by Gasteiger charge is -2.33. The molecule has 1 N–H and O–H groups in total. The molecular weight excluding hydrogens is 545 g/mol. The second-order valence-corrected chi connectivity index (χ2v) is 12.3. The van der Waals surface area contributed by atoms with Crippen molar-refractivity contribution >= 4 is 27.7 Å². The molecule has 1 heterocycles. The Morgan fingerprint density at radius 1 is 0.951 bits per heavy atom. The topological polar surface area (TPSA) is 104 Å². The van der Waals surface area contributed by atoms with E-state index in [-0.39, 0.29) is 47.4 Å². The number of carbonyl (C=O) groups is 3. The van der Waals surface area contributed by atoms with Crippen molar-refractivity contribution in [2.24, 2.45) is 0 Å². The third kappa shape index (κ3) is 6.17. The molecular formula is C31H32FN3O5S. The summed E-state index contributed by atoms with van der Waals surface area (Å²) in [5.41, 5.74) is 1.10. The van der Waals surface area contributed by atoms with Gasteiger partial charge in [-0.25, -0.2) is 17.1 Å². The van der Waals surface area contributed by atoms with Crippen LogP contribution in [0, 0.1) is 5.82 Å². The number of sulfonamides is 1. The summed E-state index contributed by atoms with van der Waals surface area (Å²) in [5, 5.41) is 3.08. The molecule has 1 saturated carbocycles. The SMILES string of the molecule is O=C(NC1CCCC1)C(Cc1ccccc1)N(Cc1ccccc1F)C(=O)CCN1C(=O)c2ccccc2S1(=O)=O. The number of hydrogen-bond donors (Lipinski definition) is 1. The van der Waals surface area contributed by atoms with Crippen molar-refractivity contribution in [1.29, 1.82) is 0 Å². The molecule has 2 aliphatic rings. The molecule has 3 aromatic rings. The van der Waals surface area contributed by atoms with E-state index in [1.165, 1.54) is 29.2 Å². The minimum atomic E-state index is -4.11. The number of fused-ring (bicyclic) bond motifs is 1. The predicted octanol–water partition coefficient (Wildman–Crippen LogP) is 4.06. The Balaban J connectivity index is 1.44. The second kappa shape index (κ2) is 12.2. The van der Waals surface area contributed by atoms with E-state index in [1.54, 1.807) is 24.3 Å². The maximum Gasteiger partial charge on any atom is 0.269 e. The van der Waals surface area contributed by atoms with Gasteiger partial charge in [-0.2, -0.15) is 0 Å². The Hall–Kier alpha value is -4.05. The average molecular weight is 578 g/mol. The summed E-state index contributed by atoms with van der Waals surface area (Å²) in [5.74, 6) is -2.13. The molecule has 1 fully saturated rings. The maximum absolute atomic E-state index is 14.8. The summed E-state index contributed by atoms with van der Waals surface area (Å²) < 4.78 is 41.6. The molecule has 0 aromatic heterocycles. The van der Waals surface area contributed by atoms with Crippen LogP contribution in [0.4, 0.5) is 4.39 Å². The van der Waals surface area contributed by atoms with Gasteiger partial charge in [0.15, 0.2) is 0 Å². The zero-order valence-corrected chi connectivity index (χ0v) is 23.4. The summed E-state index contributed by atoms with van der Waals surface area (Å²) >= 11 is 0. The highest BCUT2D eigenvalue weighted by Crippen LogP contribution is 2.30. The first-order chi connectivity index (χ1) is 19.8. The van der Waals surface area contributed by atoms with Crippen LogP contribution in [-0.4, -0.2) is 54.0 Å². The molecule has 1 aliphatic carbocycles. The van der Waals surface area contributed by atoms with Crippen molar-refractivity contribution in [2.75, 3.05) is 6.54 Å². The molecule has 8 nitrogen and oxygen atoms in total. The average Bonchev–Trinajstić information content (AvgIpc) is 3.55. The fourth-order valence-corrected chi connectivity index (χ4v) is 7.09. The van der Waals surface area contributed by atoms with Crippen molar-refractivity contribution in [1.82, 2.24) is 14.5 Å². The number of nitrogens with zero attached hydrogens (tertiary/aromatic N) is 2. The van der Waals surface area contributed by atoms with Gasteiger partial charge in [0.25, 0.3) is 15.9 Å². The number of amides is 3. The summed E-state index contributed by atoms with van der Waals surface area (Å²) in [6, 6.07) is 20.2. The number of halogens is 1. The second-order valence-electron chi connectivity index (χ2n) is 10.4. The van der Waals surface area contributed by atoms with Crippen molar-refractivity contribution in [2.45, 2.75) is 62.0 Å². The summed E-state index contributed by atoms with van der Waals surface area (Å²) in [6.45, 7) is -0.591. The normalized spacial score (nSPS) is 16.8. The lowest BCUT2D eigenvalue weighted by molar-refractivity contribution is -0.141. The molecule has 3 aromatic carbocycles. The Morgan fingerprint density at radius 3 is 2.32 bits per heavy atom. The summed E-state index contributed by atoms with van der Waals surface area (Å²) in [6.07, 6.45) is 3.53. The van der Waals surface area contributed by atoms with Crippen LogP contribution >= 0.6 is 0 Å². The van der Waals surface area contributed by atoms with Gasteiger partial charge in [-0.3, -0.25) is 14.4 Å². The lowest BCUT2D eigenvalue weighted by atomic mass is 10.0. The smallest absolute Gasteiger partial charge is 0.269 e. The van der Waals surface area contributed by atoms with Crippen LogP contribution in [0.2, 0.25) is 0 Å². The minimum absolute atomic E-state index is 0.00273. The van der Waals surface area contributed by atoms with Gasteiger partial charge >= 0.3 is 0 Å². The Morgan fingerprint density at radius 2 is 1.61 bits per heavy atom. The van der Waals surface area contributed by atoms with Gasteiger partial charge in [-0.05, 0) is 36.6 Å². The van der Waals surface area contributed by atoms with Gasteiger partial charge in [0.05, 0.1) is 5.56 Å². The van der Waals surface area contributed by atoms with Crippen LogP contribution in [0.15, 0.2) is 83.8 Å². The van der Waals surface area contributed by atoms with E-state index in [9.17, 15) is 27.2 Å². The van der Waals surface area contributed by atoms with Crippen LogP contribution in [0.25, 0.3) is 0 Å². The van der Waals surface area contributed by atoms with Crippen molar-refractivity contribution in [3.63, 3.8) is 0 Å². The molecule has 5 rings (SSSR count). The van der Waals surface area contributed by atoms with Gasteiger partial charge in [-0.15, -0.1) is 0 Å². The zero-order chi connectivity index (χ0) is 29.0. The molecule has 10 heteroatoms. The molecule has 0 saturated heterocycles. The van der Waals surface area contributed by atoms with Crippen molar-refractivity contribution in [3.05, 3.63) is 101 Å². The largest absolute Gasteiger partial charge is 0.352 e. The molecule has 1 atom stereocenters. The lowest BCUT2D eigenvalue weighted by Crippen LogP contribution is -2.52. The molecule has 3 amide bonds. The van der Waals surface area contributed by atoms with Crippen LogP contribution < -0.4 is 5.32 Å². The molecule has 1 aliphatic heterocycles.